The topological polar surface area (TPSA) is 24.5 Å². The molecule has 2 unspecified atom stereocenters. The highest BCUT2D eigenvalue weighted by atomic mass is 16.5. The Morgan fingerprint density at radius 3 is 3.20 bits per heavy atom. The van der Waals surface area contributed by atoms with Gasteiger partial charge in [-0.25, -0.2) is 0 Å². The number of rotatable bonds is 0. The number of fused-ring (bicyclic) bond motifs is 2. The zero-order chi connectivity index (χ0) is 10.3. The summed E-state index contributed by atoms with van der Waals surface area (Å²) in [6.45, 7) is 6.55. The highest BCUT2D eigenvalue weighted by molar-refractivity contribution is 4.97. The molecule has 86 valence electrons. The van der Waals surface area contributed by atoms with E-state index in [9.17, 15) is 0 Å². The predicted octanol–water partition coefficient (Wildman–Crippen LogP) is 0.848. The van der Waals surface area contributed by atoms with Gasteiger partial charge in [-0.05, 0) is 25.7 Å². The van der Waals surface area contributed by atoms with E-state index in [-0.39, 0.29) is 0 Å². The Kier molecular flexibility index (Phi) is 2.71. The first-order valence-electron chi connectivity index (χ1n) is 6.43. The average Bonchev–Trinajstić information content (AvgIpc) is 2.69. The van der Waals surface area contributed by atoms with Crippen molar-refractivity contribution < 1.29 is 4.74 Å². The summed E-state index contributed by atoms with van der Waals surface area (Å²) in [6.07, 6.45) is 4.22. The summed E-state index contributed by atoms with van der Waals surface area (Å²) >= 11 is 0. The molecule has 3 nitrogen and oxygen atoms in total. The molecule has 3 aliphatic rings. The Labute approximate surface area is 92.2 Å². The third kappa shape index (κ3) is 1.71. The standard InChI is InChI=1S/C12H22N2O/c1-9-11-3-2-4-12(11)13-7-10-8-15-6-5-14(9)10/h9-13H,2-8H2,1H3/t9-,10?,11-,12?/m0/s1. The molecular formula is C12H22N2O. The fourth-order valence-corrected chi connectivity index (χ4v) is 3.73. The number of nitrogens with zero attached hydrogens (tertiary/aromatic N) is 1. The molecule has 1 N–H and O–H groups in total. The largest absolute Gasteiger partial charge is 0.378 e. The number of morpholine rings is 1. The Hall–Kier alpha value is -0.120. The summed E-state index contributed by atoms with van der Waals surface area (Å²) in [5.41, 5.74) is 0. The van der Waals surface area contributed by atoms with Crippen LogP contribution >= 0.6 is 0 Å². The summed E-state index contributed by atoms with van der Waals surface area (Å²) in [7, 11) is 0. The van der Waals surface area contributed by atoms with Crippen molar-refractivity contribution in [2.75, 3.05) is 26.3 Å². The van der Waals surface area contributed by atoms with E-state index in [1.54, 1.807) is 0 Å². The first-order valence-corrected chi connectivity index (χ1v) is 6.43. The van der Waals surface area contributed by atoms with Crippen LogP contribution in [-0.4, -0.2) is 49.3 Å². The highest BCUT2D eigenvalue weighted by Crippen LogP contribution is 2.34. The monoisotopic (exact) mass is 210 g/mol. The third-order valence-electron chi connectivity index (χ3n) is 4.60. The van der Waals surface area contributed by atoms with E-state index in [1.807, 2.05) is 0 Å². The molecule has 4 atom stereocenters. The van der Waals surface area contributed by atoms with E-state index in [2.05, 4.69) is 17.1 Å². The van der Waals surface area contributed by atoms with Gasteiger partial charge in [0.15, 0.2) is 0 Å². The molecule has 3 heteroatoms. The van der Waals surface area contributed by atoms with Crippen LogP contribution in [0.25, 0.3) is 0 Å². The lowest BCUT2D eigenvalue weighted by atomic mass is 9.94. The van der Waals surface area contributed by atoms with Gasteiger partial charge >= 0.3 is 0 Å². The van der Waals surface area contributed by atoms with Crippen LogP contribution in [0.3, 0.4) is 0 Å². The fraction of sp³-hybridized carbons (Fsp3) is 1.00. The van der Waals surface area contributed by atoms with Crippen molar-refractivity contribution in [1.82, 2.24) is 10.2 Å². The molecule has 1 aliphatic carbocycles. The second kappa shape index (κ2) is 4.04. The summed E-state index contributed by atoms with van der Waals surface area (Å²) < 4.78 is 5.58. The molecule has 0 bridgehead atoms. The van der Waals surface area contributed by atoms with Crippen LogP contribution in [0.15, 0.2) is 0 Å². The van der Waals surface area contributed by atoms with E-state index in [1.165, 1.54) is 19.3 Å². The maximum absolute atomic E-state index is 5.58. The lowest BCUT2D eigenvalue weighted by Gasteiger charge is -2.39. The van der Waals surface area contributed by atoms with Crippen molar-refractivity contribution in [2.45, 2.75) is 44.3 Å². The molecular weight excluding hydrogens is 188 g/mol. The number of hydrogen-bond acceptors (Lipinski definition) is 3. The summed E-state index contributed by atoms with van der Waals surface area (Å²) in [4.78, 5) is 2.69. The van der Waals surface area contributed by atoms with Gasteiger partial charge in [0.2, 0.25) is 0 Å². The van der Waals surface area contributed by atoms with Gasteiger partial charge < -0.3 is 10.1 Å². The lowest BCUT2D eigenvalue weighted by molar-refractivity contribution is -0.0270. The Bertz CT molecular complexity index is 234. The Morgan fingerprint density at radius 2 is 2.27 bits per heavy atom. The number of hydrogen-bond donors (Lipinski definition) is 1. The minimum Gasteiger partial charge on any atom is -0.378 e. The van der Waals surface area contributed by atoms with Crippen molar-refractivity contribution in [2.24, 2.45) is 5.92 Å². The molecule has 15 heavy (non-hydrogen) atoms. The molecule has 0 radical (unpaired) electrons. The molecule has 0 amide bonds. The van der Waals surface area contributed by atoms with Crippen LogP contribution in [0.1, 0.15) is 26.2 Å². The molecule has 2 saturated heterocycles. The van der Waals surface area contributed by atoms with Gasteiger partial charge in [0, 0.05) is 31.2 Å². The maximum atomic E-state index is 5.58. The molecule has 3 fully saturated rings. The van der Waals surface area contributed by atoms with Crippen molar-refractivity contribution >= 4 is 0 Å². The first-order chi connectivity index (χ1) is 7.36. The number of ether oxygens (including phenoxy) is 1. The molecule has 1 saturated carbocycles. The minimum atomic E-state index is 0.624. The Balaban J connectivity index is 1.79. The van der Waals surface area contributed by atoms with Crippen molar-refractivity contribution in [3.8, 4) is 0 Å². The van der Waals surface area contributed by atoms with E-state index >= 15 is 0 Å². The summed E-state index contributed by atoms with van der Waals surface area (Å²) in [6, 6.07) is 2.16. The van der Waals surface area contributed by atoms with Gasteiger partial charge in [-0.2, -0.15) is 0 Å². The molecule has 2 heterocycles. The first kappa shape index (κ1) is 10.1. The van der Waals surface area contributed by atoms with Crippen molar-refractivity contribution in [3.63, 3.8) is 0 Å². The van der Waals surface area contributed by atoms with Crippen LogP contribution in [0.5, 0.6) is 0 Å². The van der Waals surface area contributed by atoms with Crippen LogP contribution in [0.4, 0.5) is 0 Å². The van der Waals surface area contributed by atoms with Gasteiger partial charge in [-0.15, -0.1) is 0 Å². The van der Waals surface area contributed by atoms with Gasteiger partial charge in [0.05, 0.1) is 13.2 Å². The quantitative estimate of drug-likeness (QED) is 0.641. The fourth-order valence-electron chi connectivity index (χ4n) is 3.73. The predicted molar refractivity (Wildman–Crippen MR) is 59.9 cm³/mol. The average molecular weight is 210 g/mol. The zero-order valence-corrected chi connectivity index (χ0v) is 9.61. The van der Waals surface area contributed by atoms with Gasteiger partial charge in [0.1, 0.15) is 0 Å². The highest BCUT2D eigenvalue weighted by Gasteiger charge is 2.40. The van der Waals surface area contributed by atoms with Crippen molar-refractivity contribution in [1.29, 1.82) is 0 Å². The molecule has 0 aromatic rings. The van der Waals surface area contributed by atoms with E-state index in [0.29, 0.717) is 6.04 Å². The van der Waals surface area contributed by atoms with E-state index < -0.39 is 0 Å². The van der Waals surface area contributed by atoms with Crippen LogP contribution < -0.4 is 5.32 Å². The van der Waals surface area contributed by atoms with Gasteiger partial charge in [-0.3, -0.25) is 4.90 Å². The molecule has 0 spiro atoms. The van der Waals surface area contributed by atoms with Crippen LogP contribution in [-0.2, 0) is 4.74 Å². The van der Waals surface area contributed by atoms with Gasteiger partial charge in [0.25, 0.3) is 0 Å². The van der Waals surface area contributed by atoms with E-state index in [4.69, 9.17) is 4.74 Å². The second-order valence-corrected chi connectivity index (χ2v) is 5.32. The SMILES string of the molecule is C[C@H]1[C@@H]2CCCC2NCC2COCCN21. The number of nitrogens with one attached hydrogen (secondary N) is 1. The molecule has 0 aromatic heterocycles. The van der Waals surface area contributed by atoms with Gasteiger partial charge in [-0.1, -0.05) is 6.42 Å². The zero-order valence-electron chi connectivity index (χ0n) is 9.61. The van der Waals surface area contributed by atoms with Crippen LogP contribution in [0.2, 0.25) is 0 Å². The molecule has 0 aromatic carbocycles. The third-order valence-corrected chi connectivity index (χ3v) is 4.60. The van der Waals surface area contributed by atoms with E-state index in [0.717, 1.165) is 44.3 Å². The van der Waals surface area contributed by atoms with Crippen molar-refractivity contribution in [3.05, 3.63) is 0 Å². The normalized spacial score (nSPS) is 47.0. The summed E-state index contributed by atoms with van der Waals surface area (Å²) in [5.74, 6) is 0.882. The summed E-state index contributed by atoms with van der Waals surface area (Å²) in [5, 5.41) is 3.75. The lowest BCUT2D eigenvalue weighted by Crippen LogP contribution is -2.52. The Morgan fingerprint density at radius 1 is 1.33 bits per heavy atom. The van der Waals surface area contributed by atoms with Crippen LogP contribution in [0, 0.1) is 5.92 Å². The maximum Gasteiger partial charge on any atom is 0.0635 e. The second-order valence-electron chi connectivity index (χ2n) is 5.32. The smallest absolute Gasteiger partial charge is 0.0635 e. The molecule has 2 aliphatic heterocycles. The molecule has 3 rings (SSSR count). The minimum absolute atomic E-state index is 0.624.